The van der Waals surface area contributed by atoms with Gasteiger partial charge < -0.3 is 9.47 Å². The lowest BCUT2D eigenvalue weighted by Gasteiger charge is -2.14. The molecule has 2 aromatic rings. The van der Waals surface area contributed by atoms with Crippen molar-refractivity contribution in [3.8, 4) is 17.6 Å². The number of benzene rings is 2. The number of halogens is 2. The zero-order chi connectivity index (χ0) is 16.8. The monoisotopic (exact) mass is 377 g/mol. The predicted molar refractivity (Wildman–Crippen MR) is 86.2 cm³/mol. The summed E-state index contributed by atoms with van der Waals surface area (Å²) in [4.78, 5) is 12.2. The fourth-order valence-electron chi connectivity index (χ4n) is 2.02. The normalized spacial score (nSPS) is 10.0. The van der Waals surface area contributed by atoms with Crippen LogP contribution in [0.3, 0.4) is 0 Å². The van der Waals surface area contributed by atoms with Gasteiger partial charge in [-0.25, -0.2) is 9.18 Å². The molecule has 23 heavy (non-hydrogen) atoms. The minimum Gasteiger partial charge on any atom is -0.462 e. The van der Waals surface area contributed by atoms with E-state index in [-0.39, 0.29) is 29.2 Å². The summed E-state index contributed by atoms with van der Waals surface area (Å²) in [5, 5.41) is 9.49. The van der Waals surface area contributed by atoms with E-state index in [9.17, 15) is 9.18 Å². The minimum atomic E-state index is -0.678. The molecule has 0 atom stereocenters. The molecule has 2 aromatic carbocycles. The van der Waals surface area contributed by atoms with Gasteiger partial charge in [0.25, 0.3) is 0 Å². The van der Waals surface area contributed by atoms with Gasteiger partial charge in [-0.15, -0.1) is 0 Å². The molecule has 0 radical (unpaired) electrons. The molecule has 0 N–H and O–H groups in total. The molecule has 4 nitrogen and oxygen atoms in total. The van der Waals surface area contributed by atoms with E-state index < -0.39 is 11.8 Å². The van der Waals surface area contributed by atoms with Gasteiger partial charge >= 0.3 is 5.97 Å². The molecule has 0 fully saturated rings. The number of hydrogen-bond acceptors (Lipinski definition) is 4. The van der Waals surface area contributed by atoms with Gasteiger partial charge in [-0.2, -0.15) is 5.26 Å². The van der Waals surface area contributed by atoms with Gasteiger partial charge in [-0.1, -0.05) is 34.1 Å². The van der Waals surface area contributed by atoms with E-state index in [0.717, 1.165) is 0 Å². The lowest BCUT2D eigenvalue weighted by molar-refractivity contribution is 0.0522. The minimum absolute atomic E-state index is 0.0454. The molecule has 0 saturated heterocycles. The summed E-state index contributed by atoms with van der Waals surface area (Å²) in [6, 6.07) is 10.9. The van der Waals surface area contributed by atoms with Crippen molar-refractivity contribution in [3.63, 3.8) is 0 Å². The molecule has 2 rings (SSSR count). The summed E-state index contributed by atoms with van der Waals surface area (Å²) in [5.74, 6) is -1.32. The van der Waals surface area contributed by atoms with Crippen LogP contribution in [-0.4, -0.2) is 12.6 Å². The van der Waals surface area contributed by atoms with Crippen LogP contribution in [0.5, 0.6) is 11.5 Å². The van der Waals surface area contributed by atoms with Crippen molar-refractivity contribution in [1.82, 2.24) is 0 Å². The van der Waals surface area contributed by atoms with Gasteiger partial charge in [-0.05, 0) is 30.7 Å². The number of nitrogens with zero attached hydrogens (tertiary/aromatic N) is 1. The molecule has 0 spiro atoms. The van der Waals surface area contributed by atoms with Crippen LogP contribution in [-0.2, 0) is 10.1 Å². The summed E-state index contributed by atoms with van der Waals surface area (Å²) in [6.45, 7) is 1.90. The molecule has 0 saturated carbocycles. The highest BCUT2D eigenvalue weighted by Crippen LogP contribution is 2.33. The molecular weight excluding hydrogens is 365 g/mol. The summed E-state index contributed by atoms with van der Waals surface area (Å²) < 4.78 is 24.6. The van der Waals surface area contributed by atoms with Crippen LogP contribution in [0.4, 0.5) is 4.39 Å². The highest BCUT2D eigenvalue weighted by Gasteiger charge is 2.21. The second kappa shape index (κ2) is 7.75. The third kappa shape index (κ3) is 3.69. The number of alkyl halides is 1. The van der Waals surface area contributed by atoms with Crippen LogP contribution in [0.1, 0.15) is 28.4 Å². The van der Waals surface area contributed by atoms with E-state index in [1.165, 1.54) is 24.3 Å². The summed E-state index contributed by atoms with van der Waals surface area (Å²) in [6.07, 6.45) is 0. The summed E-state index contributed by atoms with van der Waals surface area (Å²) in [7, 11) is 0. The van der Waals surface area contributed by atoms with Crippen LogP contribution >= 0.6 is 15.9 Å². The zero-order valence-electron chi connectivity index (χ0n) is 12.3. The Labute approximate surface area is 141 Å². The second-order valence-electron chi connectivity index (χ2n) is 4.47. The van der Waals surface area contributed by atoms with E-state index in [4.69, 9.17) is 14.7 Å². The highest BCUT2D eigenvalue weighted by atomic mass is 79.9. The van der Waals surface area contributed by atoms with Crippen molar-refractivity contribution in [2.45, 2.75) is 12.3 Å². The molecule has 0 bridgehead atoms. The molecule has 0 unspecified atom stereocenters. The number of ether oxygens (including phenoxy) is 2. The number of carbonyl (C=O) groups excluding carboxylic acids is 1. The number of hydrogen-bond donors (Lipinski definition) is 0. The maximum absolute atomic E-state index is 14.0. The average Bonchev–Trinajstić information content (AvgIpc) is 2.56. The summed E-state index contributed by atoms with van der Waals surface area (Å²) in [5.41, 5.74) is 0.901. The molecule has 0 amide bonds. The van der Waals surface area contributed by atoms with Gasteiger partial charge in [0.2, 0.25) is 0 Å². The zero-order valence-corrected chi connectivity index (χ0v) is 13.9. The molecule has 0 aliphatic carbocycles. The van der Waals surface area contributed by atoms with Crippen molar-refractivity contribution < 1.29 is 18.7 Å². The predicted octanol–water partition coefficient (Wildman–Crippen LogP) is 4.56. The first-order valence-electron chi connectivity index (χ1n) is 6.83. The number of carbonyl (C=O) groups is 1. The topological polar surface area (TPSA) is 59.3 Å². The third-order valence-corrected chi connectivity index (χ3v) is 3.64. The average molecular weight is 378 g/mol. The first kappa shape index (κ1) is 17.0. The number of esters is 1. The van der Waals surface area contributed by atoms with E-state index in [0.29, 0.717) is 10.9 Å². The summed E-state index contributed by atoms with van der Waals surface area (Å²) >= 11 is 3.30. The Morgan fingerprint density at radius 2 is 2.04 bits per heavy atom. The first-order chi connectivity index (χ1) is 11.1. The first-order valence-corrected chi connectivity index (χ1v) is 7.96. The van der Waals surface area contributed by atoms with Crippen molar-refractivity contribution in [2.24, 2.45) is 0 Å². The van der Waals surface area contributed by atoms with E-state index in [2.05, 4.69) is 15.9 Å². The Kier molecular flexibility index (Phi) is 5.72. The standard InChI is InChI=1S/C17H13BrFNO3/c1-2-22-17(21)15-11(9-18)5-4-8-14(15)23-16-12(10-20)6-3-7-13(16)19/h3-8H,2,9H2,1H3. The van der Waals surface area contributed by atoms with Gasteiger partial charge in [0.1, 0.15) is 17.4 Å². The number of rotatable bonds is 5. The van der Waals surface area contributed by atoms with Crippen molar-refractivity contribution in [2.75, 3.05) is 6.61 Å². The fraction of sp³-hybridized carbons (Fsp3) is 0.176. The van der Waals surface area contributed by atoms with Crippen molar-refractivity contribution in [3.05, 3.63) is 58.9 Å². The van der Waals surface area contributed by atoms with Crippen molar-refractivity contribution in [1.29, 1.82) is 5.26 Å². The van der Waals surface area contributed by atoms with Crippen LogP contribution in [0, 0.1) is 17.1 Å². The van der Waals surface area contributed by atoms with Gasteiger partial charge in [0.05, 0.1) is 12.2 Å². The lowest BCUT2D eigenvalue weighted by Crippen LogP contribution is -2.10. The van der Waals surface area contributed by atoms with Crippen molar-refractivity contribution >= 4 is 21.9 Å². The Hall–Kier alpha value is -2.39. The fourth-order valence-corrected chi connectivity index (χ4v) is 2.49. The molecule has 0 heterocycles. The number of para-hydroxylation sites is 1. The van der Waals surface area contributed by atoms with Crippen LogP contribution in [0.25, 0.3) is 0 Å². The van der Waals surface area contributed by atoms with Crippen LogP contribution in [0.15, 0.2) is 36.4 Å². The van der Waals surface area contributed by atoms with E-state index in [1.54, 1.807) is 19.1 Å². The number of nitriles is 1. The van der Waals surface area contributed by atoms with Gasteiger partial charge in [-0.3, -0.25) is 0 Å². The van der Waals surface area contributed by atoms with Crippen LogP contribution < -0.4 is 4.74 Å². The Bertz CT molecular complexity index is 771. The SMILES string of the molecule is CCOC(=O)c1c(CBr)cccc1Oc1c(F)cccc1C#N. The molecule has 118 valence electrons. The second-order valence-corrected chi connectivity index (χ2v) is 5.04. The Morgan fingerprint density at radius 3 is 2.70 bits per heavy atom. The van der Waals surface area contributed by atoms with E-state index >= 15 is 0 Å². The van der Waals surface area contributed by atoms with Crippen LogP contribution in [0.2, 0.25) is 0 Å². The largest absolute Gasteiger partial charge is 0.462 e. The highest BCUT2D eigenvalue weighted by molar-refractivity contribution is 9.08. The molecule has 0 aliphatic rings. The van der Waals surface area contributed by atoms with E-state index in [1.807, 2.05) is 6.07 Å². The third-order valence-electron chi connectivity index (χ3n) is 3.04. The quantitative estimate of drug-likeness (QED) is 0.565. The lowest BCUT2D eigenvalue weighted by atomic mass is 10.1. The van der Waals surface area contributed by atoms with Gasteiger partial charge in [0, 0.05) is 5.33 Å². The maximum atomic E-state index is 14.0. The maximum Gasteiger partial charge on any atom is 0.342 e. The molecule has 0 aliphatic heterocycles. The van der Waals surface area contributed by atoms with Gasteiger partial charge in [0.15, 0.2) is 11.6 Å². The molecular formula is C17H13BrFNO3. The Balaban J connectivity index is 2.53. The Morgan fingerprint density at radius 1 is 1.30 bits per heavy atom. The molecule has 0 aromatic heterocycles. The molecule has 6 heteroatoms. The smallest absolute Gasteiger partial charge is 0.342 e.